The van der Waals surface area contributed by atoms with Crippen LogP contribution in [0.4, 0.5) is 60.5 Å². The fourth-order valence-corrected chi connectivity index (χ4v) is 15.1. The number of benzene rings is 14. The average Bonchev–Trinajstić information content (AvgIpc) is 1.48. The van der Waals surface area contributed by atoms with Crippen molar-refractivity contribution in [3.05, 3.63) is 419 Å². The second-order valence-electron chi connectivity index (χ2n) is 24.8. The van der Waals surface area contributed by atoms with E-state index in [1.165, 1.54) is 0 Å². The Labute approximate surface area is 564 Å². The molecule has 0 spiro atoms. The fraction of sp³-hybridized carbons (Fsp3) is 0.0222. The van der Waals surface area contributed by atoms with E-state index in [0.717, 1.165) is 124 Å². The summed E-state index contributed by atoms with van der Waals surface area (Å²) in [5.41, 5.74) is 17.1. The SMILES string of the molecule is C=Cc1ccc(C2(c3cc(F)c(F)cc3F)c3ccccc3-c3ccc(N(c4ccc(-c5ccccc5)cc4)c4ccc(-c5ccc(N(c6ccc(-c7ccccc7)cc6)c6ccc7c(c6)C(c6ccc(C=C)cc6)(c6cc(F)c(F)cc6F)c6ccccc6-7)cc5)cc4)cc32)cc1. The Morgan fingerprint density at radius 1 is 0.224 bits per heavy atom. The Morgan fingerprint density at radius 3 is 0.827 bits per heavy atom. The van der Waals surface area contributed by atoms with E-state index in [4.69, 9.17) is 0 Å². The highest BCUT2D eigenvalue weighted by atomic mass is 19.2. The van der Waals surface area contributed by atoms with E-state index in [1.54, 1.807) is 12.2 Å². The summed E-state index contributed by atoms with van der Waals surface area (Å²) in [6.45, 7) is 7.95. The first kappa shape index (κ1) is 60.7. The van der Waals surface area contributed by atoms with Crippen LogP contribution in [0, 0.1) is 34.9 Å². The summed E-state index contributed by atoms with van der Waals surface area (Å²) in [4.78, 5) is 4.31. The molecule has 2 aliphatic carbocycles. The minimum Gasteiger partial charge on any atom is -0.310 e. The van der Waals surface area contributed by atoms with E-state index in [1.807, 2.05) is 158 Å². The van der Waals surface area contributed by atoms with Crippen LogP contribution in [-0.4, -0.2) is 0 Å². The van der Waals surface area contributed by atoms with Gasteiger partial charge >= 0.3 is 0 Å². The average molecular weight is 1280 g/mol. The van der Waals surface area contributed by atoms with Crippen LogP contribution in [0.5, 0.6) is 0 Å². The van der Waals surface area contributed by atoms with Gasteiger partial charge in [-0.3, -0.25) is 0 Å². The van der Waals surface area contributed by atoms with Crippen molar-refractivity contribution in [2.75, 3.05) is 9.80 Å². The molecule has 2 aliphatic rings. The van der Waals surface area contributed by atoms with Gasteiger partial charge in [0, 0.05) is 57.4 Å². The lowest BCUT2D eigenvalue weighted by Crippen LogP contribution is -2.30. The molecular weight excluding hydrogens is 1220 g/mol. The summed E-state index contributed by atoms with van der Waals surface area (Å²) >= 11 is 0. The standard InChI is InChI=1S/C90H58F6N2/c1-3-57-23-35-65(36-24-57)89(81-53-85(93)87(95)55-83(81)91)77-21-13-11-19-73(77)75-49-47-71(51-79(75)89)97(67-39-27-61(28-40-67)59-15-7-5-8-16-59)69-43-31-63(32-44-69)64-33-45-70(46-34-64)98(68-41-29-62(30-42-68)60-17-9-6-10-18-60)72-48-50-76-74-20-12-14-22-78(74)90(80(76)52-72,66-37-25-58(4-2)26-38-66)82-54-86(94)88(96)56-84(82)92/h3-56H,1-2H2. The third-order valence-corrected chi connectivity index (χ3v) is 19.6. The number of anilines is 6. The van der Waals surface area contributed by atoms with Crippen LogP contribution in [0.3, 0.4) is 0 Å². The normalized spacial score (nSPS) is 14.8. The third kappa shape index (κ3) is 9.97. The van der Waals surface area contributed by atoms with Crippen molar-refractivity contribution in [2.45, 2.75) is 10.8 Å². The number of hydrogen-bond acceptors (Lipinski definition) is 2. The fourth-order valence-electron chi connectivity index (χ4n) is 15.1. The molecule has 0 aromatic heterocycles. The lowest BCUT2D eigenvalue weighted by atomic mass is 9.67. The zero-order valence-electron chi connectivity index (χ0n) is 52.8. The summed E-state index contributed by atoms with van der Waals surface area (Å²) in [6, 6.07) is 99.9. The Kier molecular flexibility index (Phi) is 15.2. The maximum Gasteiger partial charge on any atom is 0.161 e. The molecule has 16 rings (SSSR count). The largest absolute Gasteiger partial charge is 0.310 e. The second kappa shape index (κ2) is 24.5. The molecule has 14 aromatic carbocycles. The zero-order chi connectivity index (χ0) is 66.8. The summed E-state index contributed by atoms with van der Waals surface area (Å²) in [5.74, 6) is -6.63. The van der Waals surface area contributed by atoms with Gasteiger partial charge in [-0.05, 0) is 185 Å². The molecule has 0 fully saturated rings. The van der Waals surface area contributed by atoms with Crippen LogP contribution in [0.25, 0.3) is 67.8 Å². The molecular formula is C90H58F6N2. The van der Waals surface area contributed by atoms with E-state index in [2.05, 4.69) is 156 Å². The van der Waals surface area contributed by atoms with Gasteiger partial charge in [0.05, 0.1) is 10.8 Å². The van der Waals surface area contributed by atoms with Crippen LogP contribution in [0.15, 0.2) is 329 Å². The minimum atomic E-state index is -1.43. The predicted octanol–water partition coefficient (Wildman–Crippen LogP) is 24.5. The molecule has 0 amide bonds. The van der Waals surface area contributed by atoms with Crippen molar-refractivity contribution in [2.24, 2.45) is 0 Å². The van der Waals surface area contributed by atoms with Gasteiger partial charge in [-0.15, -0.1) is 0 Å². The Hall–Kier alpha value is -12.3. The Balaban J connectivity index is 0.822. The van der Waals surface area contributed by atoms with E-state index >= 15 is 26.3 Å². The number of halogens is 6. The summed E-state index contributed by atoms with van der Waals surface area (Å²) in [7, 11) is 0. The summed E-state index contributed by atoms with van der Waals surface area (Å²) in [6.07, 6.45) is 3.46. The van der Waals surface area contributed by atoms with Crippen molar-refractivity contribution < 1.29 is 26.3 Å². The topological polar surface area (TPSA) is 6.48 Å². The van der Waals surface area contributed by atoms with E-state index < -0.39 is 45.7 Å². The van der Waals surface area contributed by atoms with Gasteiger partial charge in [-0.25, -0.2) is 26.3 Å². The molecule has 0 aliphatic heterocycles. The maximum absolute atomic E-state index is 17.0. The van der Waals surface area contributed by atoms with Gasteiger partial charge < -0.3 is 9.80 Å². The van der Waals surface area contributed by atoms with E-state index in [-0.39, 0.29) is 11.1 Å². The molecule has 0 saturated heterocycles. The molecule has 2 unspecified atom stereocenters. The molecule has 470 valence electrons. The van der Waals surface area contributed by atoms with Crippen LogP contribution in [-0.2, 0) is 10.8 Å². The highest BCUT2D eigenvalue weighted by molar-refractivity contribution is 5.93. The van der Waals surface area contributed by atoms with Gasteiger partial charge in [-0.1, -0.05) is 244 Å². The predicted molar refractivity (Wildman–Crippen MR) is 387 cm³/mol. The van der Waals surface area contributed by atoms with Crippen LogP contribution in [0.2, 0.25) is 0 Å². The van der Waals surface area contributed by atoms with Crippen molar-refractivity contribution in [1.29, 1.82) is 0 Å². The summed E-state index contributed by atoms with van der Waals surface area (Å²) < 4.78 is 95.8. The smallest absolute Gasteiger partial charge is 0.161 e. The lowest BCUT2D eigenvalue weighted by Gasteiger charge is -2.35. The van der Waals surface area contributed by atoms with Crippen LogP contribution >= 0.6 is 0 Å². The molecule has 0 N–H and O–H groups in total. The van der Waals surface area contributed by atoms with Crippen molar-refractivity contribution in [3.8, 4) is 55.6 Å². The molecule has 14 aromatic rings. The molecule has 2 atom stereocenters. The molecule has 98 heavy (non-hydrogen) atoms. The van der Waals surface area contributed by atoms with Crippen molar-refractivity contribution in [3.63, 3.8) is 0 Å². The molecule has 2 nitrogen and oxygen atoms in total. The Morgan fingerprint density at radius 2 is 0.500 bits per heavy atom. The van der Waals surface area contributed by atoms with Gasteiger partial charge in [0.15, 0.2) is 23.3 Å². The van der Waals surface area contributed by atoms with Gasteiger partial charge in [0.1, 0.15) is 11.6 Å². The molecule has 0 saturated carbocycles. The van der Waals surface area contributed by atoms with Crippen molar-refractivity contribution in [1.82, 2.24) is 0 Å². The quantitative estimate of drug-likeness (QED) is 0.0746. The zero-order valence-corrected chi connectivity index (χ0v) is 52.8. The first-order valence-corrected chi connectivity index (χ1v) is 32.3. The van der Waals surface area contributed by atoms with E-state index in [9.17, 15) is 0 Å². The van der Waals surface area contributed by atoms with Gasteiger partial charge in [0.2, 0.25) is 0 Å². The maximum atomic E-state index is 17.0. The minimum absolute atomic E-state index is 0.0215. The number of nitrogens with zero attached hydrogens (tertiary/aromatic N) is 2. The number of rotatable bonds is 15. The highest BCUT2D eigenvalue weighted by Crippen LogP contribution is 2.60. The molecule has 0 bridgehead atoms. The molecule has 0 heterocycles. The molecule has 8 heteroatoms. The van der Waals surface area contributed by atoms with Gasteiger partial charge in [0.25, 0.3) is 0 Å². The van der Waals surface area contributed by atoms with Gasteiger partial charge in [-0.2, -0.15) is 0 Å². The second-order valence-corrected chi connectivity index (χ2v) is 24.8. The highest BCUT2D eigenvalue weighted by Gasteiger charge is 2.50. The monoisotopic (exact) mass is 1280 g/mol. The van der Waals surface area contributed by atoms with E-state index in [0.29, 0.717) is 34.4 Å². The first-order valence-electron chi connectivity index (χ1n) is 32.3. The Bertz CT molecular complexity index is 5070. The molecule has 0 radical (unpaired) electrons. The number of hydrogen-bond donors (Lipinski definition) is 0. The van der Waals surface area contributed by atoms with Crippen molar-refractivity contribution >= 4 is 46.3 Å². The van der Waals surface area contributed by atoms with Crippen LogP contribution < -0.4 is 9.80 Å². The van der Waals surface area contributed by atoms with Crippen LogP contribution in [0.1, 0.15) is 55.6 Å². The number of fused-ring (bicyclic) bond motifs is 6. The lowest BCUT2D eigenvalue weighted by molar-refractivity contribution is 0.484. The first-order chi connectivity index (χ1) is 47.9. The third-order valence-electron chi connectivity index (χ3n) is 19.6. The summed E-state index contributed by atoms with van der Waals surface area (Å²) in [5, 5.41) is 0.